The van der Waals surface area contributed by atoms with E-state index in [1.54, 1.807) is 0 Å². The summed E-state index contributed by atoms with van der Waals surface area (Å²) in [6.07, 6.45) is 7.78. The van der Waals surface area contributed by atoms with E-state index in [0.717, 1.165) is 88.1 Å². The van der Waals surface area contributed by atoms with Gasteiger partial charge in [-0.15, -0.1) is 0 Å². The minimum absolute atomic E-state index is 0.144. The smallest absolute Gasteiger partial charge is 0.154 e. The van der Waals surface area contributed by atoms with Crippen molar-refractivity contribution in [2.24, 2.45) is 12.0 Å². The zero-order valence-corrected chi connectivity index (χ0v) is 24.4. The summed E-state index contributed by atoms with van der Waals surface area (Å²) >= 11 is 0. The standard InChI is InChI=1S/C33H38N6O2/c1-6-7-15-35-33(31-21(2)8-11-27-32(31)41-30-14-16-34-19-28(30)39(27)5)37-23-9-13-29(22(3)17-23)40-24-10-12-26-25(18-24)36-20-38(26)4/h7-13,15,17-18,20,28,30,34H,6,14,16,19H2,1-5H3,(H,35,37)/b15-7+. The Bertz CT molecular complexity index is 1640. The molecule has 3 aromatic carbocycles. The van der Waals surface area contributed by atoms with Crippen LogP contribution in [0.15, 0.2) is 72.1 Å². The lowest BCUT2D eigenvalue weighted by Crippen LogP contribution is -2.57. The van der Waals surface area contributed by atoms with Gasteiger partial charge in [-0.05, 0) is 80.8 Å². The van der Waals surface area contributed by atoms with Gasteiger partial charge in [-0.25, -0.2) is 9.98 Å². The summed E-state index contributed by atoms with van der Waals surface area (Å²) in [6.45, 7) is 8.17. The number of rotatable bonds is 6. The number of aliphatic imine (C=N–C) groups is 1. The van der Waals surface area contributed by atoms with Gasteiger partial charge in [0.1, 0.15) is 23.4 Å². The molecule has 8 nitrogen and oxygen atoms in total. The molecular weight excluding hydrogens is 512 g/mol. The van der Waals surface area contributed by atoms with Crippen LogP contribution < -0.4 is 25.0 Å². The van der Waals surface area contributed by atoms with Gasteiger partial charge < -0.3 is 29.6 Å². The summed E-state index contributed by atoms with van der Waals surface area (Å²) in [5.74, 6) is 3.22. The summed E-state index contributed by atoms with van der Waals surface area (Å²) in [4.78, 5) is 11.7. The minimum Gasteiger partial charge on any atom is -0.485 e. The minimum atomic E-state index is 0.144. The first-order valence-electron chi connectivity index (χ1n) is 14.4. The number of imidazole rings is 1. The van der Waals surface area contributed by atoms with E-state index in [-0.39, 0.29) is 6.10 Å². The number of hydrogen-bond donors (Lipinski definition) is 2. The average molecular weight is 551 g/mol. The molecule has 1 aromatic heterocycles. The Labute approximate surface area is 241 Å². The third-order valence-electron chi connectivity index (χ3n) is 8.02. The quantitative estimate of drug-likeness (QED) is 0.216. The maximum absolute atomic E-state index is 6.73. The van der Waals surface area contributed by atoms with Gasteiger partial charge in [0.25, 0.3) is 0 Å². The molecule has 2 N–H and O–H groups in total. The average Bonchev–Trinajstić information content (AvgIpc) is 3.34. The molecule has 0 amide bonds. The van der Waals surface area contributed by atoms with Gasteiger partial charge in [-0.3, -0.25) is 0 Å². The van der Waals surface area contributed by atoms with E-state index in [0.29, 0.717) is 6.04 Å². The number of allylic oxidation sites excluding steroid dienone is 1. The molecule has 6 rings (SSSR count). The maximum Gasteiger partial charge on any atom is 0.154 e. The second-order valence-corrected chi connectivity index (χ2v) is 10.9. The number of likely N-dealkylation sites (N-methyl/N-ethyl adjacent to an activating group) is 1. The van der Waals surface area contributed by atoms with Crippen molar-refractivity contribution in [1.82, 2.24) is 14.9 Å². The lowest BCUT2D eigenvalue weighted by molar-refractivity contribution is 0.125. The highest BCUT2D eigenvalue weighted by atomic mass is 16.5. The SMILES string of the molecule is CC/C=C/N=C(Nc1ccc(Oc2ccc3c(c2)ncn3C)c(C)c1)c1c(C)ccc2c1OC1CCNCC1N2C. The number of anilines is 2. The molecule has 41 heavy (non-hydrogen) atoms. The van der Waals surface area contributed by atoms with E-state index in [1.807, 2.05) is 54.5 Å². The molecule has 0 spiro atoms. The summed E-state index contributed by atoms with van der Waals surface area (Å²) in [7, 11) is 4.16. The highest BCUT2D eigenvalue weighted by molar-refractivity contribution is 6.12. The molecule has 2 aliphatic rings. The monoisotopic (exact) mass is 550 g/mol. The van der Waals surface area contributed by atoms with E-state index in [2.05, 4.69) is 72.6 Å². The van der Waals surface area contributed by atoms with Gasteiger partial charge in [0, 0.05) is 38.6 Å². The topological polar surface area (TPSA) is 75.9 Å². The van der Waals surface area contributed by atoms with E-state index in [1.165, 1.54) is 0 Å². The maximum atomic E-state index is 6.73. The van der Waals surface area contributed by atoms with Crippen molar-refractivity contribution in [3.63, 3.8) is 0 Å². The van der Waals surface area contributed by atoms with Gasteiger partial charge in [0.15, 0.2) is 5.75 Å². The predicted molar refractivity (Wildman–Crippen MR) is 167 cm³/mol. The van der Waals surface area contributed by atoms with E-state index >= 15 is 0 Å². The van der Waals surface area contributed by atoms with Crippen LogP contribution in [0, 0.1) is 13.8 Å². The first-order chi connectivity index (χ1) is 19.9. The number of amidine groups is 1. The Hall–Kier alpha value is -4.30. The number of fused-ring (bicyclic) bond motifs is 3. The molecule has 1 saturated heterocycles. The van der Waals surface area contributed by atoms with Crippen molar-refractivity contribution in [2.45, 2.75) is 45.8 Å². The molecule has 3 heterocycles. The van der Waals surface area contributed by atoms with Crippen molar-refractivity contribution in [3.05, 3.63) is 83.8 Å². The van der Waals surface area contributed by atoms with Crippen LogP contribution in [-0.4, -0.2) is 47.7 Å². The Morgan fingerprint density at radius 3 is 2.85 bits per heavy atom. The summed E-state index contributed by atoms with van der Waals surface area (Å²) in [5, 5.41) is 7.12. The molecule has 2 atom stereocenters. The van der Waals surface area contributed by atoms with Crippen molar-refractivity contribution >= 4 is 28.2 Å². The first-order valence-corrected chi connectivity index (χ1v) is 14.4. The lowest BCUT2D eigenvalue weighted by atomic mass is 9.96. The van der Waals surface area contributed by atoms with Crippen LogP contribution in [0.3, 0.4) is 0 Å². The van der Waals surface area contributed by atoms with Gasteiger partial charge in [0.05, 0.1) is 34.7 Å². The highest BCUT2D eigenvalue weighted by Gasteiger charge is 2.37. The molecule has 2 unspecified atom stereocenters. The van der Waals surface area contributed by atoms with Crippen LogP contribution in [0.5, 0.6) is 17.2 Å². The van der Waals surface area contributed by atoms with E-state index in [4.69, 9.17) is 14.5 Å². The fraction of sp³-hybridized carbons (Fsp3) is 0.333. The number of piperidine rings is 1. The van der Waals surface area contributed by atoms with Gasteiger partial charge in [0.2, 0.25) is 0 Å². The number of benzene rings is 3. The van der Waals surface area contributed by atoms with E-state index < -0.39 is 0 Å². The second kappa shape index (κ2) is 11.3. The van der Waals surface area contributed by atoms with Crippen molar-refractivity contribution < 1.29 is 9.47 Å². The Morgan fingerprint density at radius 1 is 1.15 bits per heavy atom. The molecule has 8 heteroatoms. The predicted octanol–water partition coefficient (Wildman–Crippen LogP) is 6.32. The third kappa shape index (κ3) is 5.27. The van der Waals surface area contributed by atoms with E-state index in [9.17, 15) is 0 Å². The summed E-state index contributed by atoms with van der Waals surface area (Å²) < 4.78 is 15.0. The van der Waals surface area contributed by atoms with Crippen molar-refractivity contribution in [1.29, 1.82) is 0 Å². The molecule has 0 saturated carbocycles. The van der Waals surface area contributed by atoms with Crippen LogP contribution in [0.25, 0.3) is 11.0 Å². The second-order valence-electron chi connectivity index (χ2n) is 10.9. The zero-order chi connectivity index (χ0) is 28.5. The normalized spacial score (nSPS) is 18.8. The molecular formula is C33H38N6O2. The Balaban J connectivity index is 1.31. The number of aryl methyl sites for hydroxylation is 3. The van der Waals surface area contributed by atoms with Crippen LogP contribution in [0.1, 0.15) is 36.5 Å². The van der Waals surface area contributed by atoms with Gasteiger partial charge >= 0.3 is 0 Å². The fourth-order valence-electron chi connectivity index (χ4n) is 5.71. The number of aromatic nitrogens is 2. The molecule has 0 radical (unpaired) electrons. The Kier molecular flexibility index (Phi) is 7.41. The summed E-state index contributed by atoms with van der Waals surface area (Å²) in [5.41, 5.74) is 7.12. The molecule has 1 fully saturated rings. The first kappa shape index (κ1) is 26.9. The molecule has 2 aliphatic heterocycles. The van der Waals surface area contributed by atoms with Crippen LogP contribution in [0.2, 0.25) is 0 Å². The van der Waals surface area contributed by atoms with Crippen LogP contribution >= 0.6 is 0 Å². The van der Waals surface area contributed by atoms with Crippen LogP contribution in [0.4, 0.5) is 11.4 Å². The number of nitrogens with one attached hydrogen (secondary N) is 2. The molecule has 4 aromatic rings. The molecule has 0 bridgehead atoms. The third-order valence-corrected chi connectivity index (χ3v) is 8.02. The molecule has 212 valence electrons. The van der Waals surface area contributed by atoms with Crippen molar-refractivity contribution in [2.75, 3.05) is 30.4 Å². The van der Waals surface area contributed by atoms with Gasteiger partial charge in [-0.2, -0.15) is 0 Å². The highest BCUT2D eigenvalue weighted by Crippen LogP contribution is 2.41. The fourth-order valence-corrected chi connectivity index (χ4v) is 5.71. The number of ether oxygens (including phenoxy) is 2. The van der Waals surface area contributed by atoms with Crippen LogP contribution in [-0.2, 0) is 7.05 Å². The van der Waals surface area contributed by atoms with Crippen molar-refractivity contribution in [3.8, 4) is 17.2 Å². The summed E-state index contributed by atoms with van der Waals surface area (Å²) in [6, 6.07) is 16.7. The largest absolute Gasteiger partial charge is 0.485 e. The van der Waals surface area contributed by atoms with Gasteiger partial charge in [-0.1, -0.05) is 19.1 Å². The Morgan fingerprint density at radius 2 is 2.02 bits per heavy atom. The lowest BCUT2D eigenvalue weighted by Gasteiger charge is -2.45. The number of nitrogens with zero attached hydrogens (tertiary/aromatic N) is 4. The number of hydrogen-bond acceptors (Lipinski definition) is 6. The zero-order valence-electron chi connectivity index (χ0n) is 24.4. The molecule has 0 aliphatic carbocycles.